The first-order valence-corrected chi connectivity index (χ1v) is 8.66. The van der Waals surface area contributed by atoms with Crippen molar-refractivity contribution < 1.29 is 19.4 Å². The molecule has 2 aromatic carbocycles. The van der Waals surface area contributed by atoms with Crippen molar-refractivity contribution in [3.63, 3.8) is 0 Å². The molecule has 1 amide bonds. The van der Waals surface area contributed by atoms with E-state index >= 15 is 0 Å². The number of carboxylic acids is 1. The molecule has 0 unspecified atom stereocenters. The monoisotopic (exact) mass is 341 g/mol. The number of amides is 1. The molecule has 0 bridgehead atoms. The van der Waals surface area contributed by atoms with E-state index in [1.807, 2.05) is 49.4 Å². The van der Waals surface area contributed by atoms with Crippen LogP contribution in [0.25, 0.3) is 10.8 Å². The summed E-state index contributed by atoms with van der Waals surface area (Å²) >= 11 is 0. The van der Waals surface area contributed by atoms with E-state index in [4.69, 9.17) is 4.74 Å². The molecule has 1 saturated heterocycles. The van der Waals surface area contributed by atoms with Gasteiger partial charge < -0.3 is 15.2 Å². The van der Waals surface area contributed by atoms with Gasteiger partial charge in [-0.05, 0) is 36.1 Å². The molecule has 5 nitrogen and oxygen atoms in total. The normalized spacial score (nSPS) is 21.6. The molecule has 1 fully saturated rings. The van der Waals surface area contributed by atoms with Gasteiger partial charge in [-0.1, -0.05) is 42.5 Å². The number of carbonyl (C=O) groups is 2. The Hall–Kier alpha value is -2.40. The quantitative estimate of drug-likeness (QED) is 0.877. The molecule has 25 heavy (non-hydrogen) atoms. The number of hydrogen-bond donors (Lipinski definition) is 2. The summed E-state index contributed by atoms with van der Waals surface area (Å²) in [6, 6.07) is 12.8. The second-order valence-corrected chi connectivity index (χ2v) is 6.64. The van der Waals surface area contributed by atoms with Gasteiger partial charge in [0.1, 0.15) is 6.04 Å². The summed E-state index contributed by atoms with van der Waals surface area (Å²) < 4.78 is 5.46. The van der Waals surface area contributed by atoms with Crippen molar-refractivity contribution in [3.05, 3.63) is 48.0 Å². The Morgan fingerprint density at radius 2 is 2.00 bits per heavy atom. The Balaban J connectivity index is 1.75. The minimum absolute atomic E-state index is 0.0332. The first-order chi connectivity index (χ1) is 12.0. The van der Waals surface area contributed by atoms with Crippen LogP contribution in [0.5, 0.6) is 0 Å². The van der Waals surface area contributed by atoms with E-state index in [2.05, 4.69) is 5.32 Å². The average molecular weight is 341 g/mol. The number of ether oxygens (including phenoxy) is 1. The van der Waals surface area contributed by atoms with Crippen molar-refractivity contribution in [1.29, 1.82) is 0 Å². The van der Waals surface area contributed by atoms with Gasteiger partial charge in [0.2, 0.25) is 5.91 Å². The van der Waals surface area contributed by atoms with E-state index in [1.54, 1.807) is 0 Å². The van der Waals surface area contributed by atoms with E-state index < -0.39 is 12.0 Å². The van der Waals surface area contributed by atoms with Gasteiger partial charge in [-0.15, -0.1) is 0 Å². The van der Waals surface area contributed by atoms with E-state index in [0.717, 1.165) is 16.3 Å². The third kappa shape index (κ3) is 4.17. The molecule has 5 heteroatoms. The highest BCUT2D eigenvalue weighted by Gasteiger charge is 2.29. The topological polar surface area (TPSA) is 75.6 Å². The Bertz CT molecular complexity index is 768. The predicted octanol–water partition coefficient (Wildman–Crippen LogP) is 2.77. The molecule has 0 aromatic heterocycles. The van der Waals surface area contributed by atoms with E-state index in [9.17, 15) is 14.7 Å². The standard InChI is InChI=1S/C20H23NO4/c1-13-11-16(9-10-25-13)19(22)21-18(20(23)24)12-15-7-4-6-14-5-2-3-8-17(14)15/h2-8,13,16,18H,9-12H2,1H3,(H,21,22)(H,23,24)/t13-,16-,18+/m1/s1. The Morgan fingerprint density at radius 1 is 1.24 bits per heavy atom. The van der Waals surface area contributed by atoms with Gasteiger partial charge in [0.15, 0.2) is 0 Å². The Kier molecular flexibility index (Phi) is 5.34. The van der Waals surface area contributed by atoms with Crippen LogP contribution < -0.4 is 5.32 Å². The van der Waals surface area contributed by atoms with Crippen molar-refractivity contribution >= 4 is 22.6 Å². The number of nitrogens with one attached hydrogen (secondary N) is 1. The first-order valence-electron chi connectivity index (χ1n) is 8.66. The van der Waals surface area contributed by atoms with Crippen LogP contribution in [0.1, 0.15) is 25.3 Å². The smallest absolute Gasteiger partial charge is 0.326 e. The van der Waals surface area contributed by atoms with Gasteiger partial charge in [0.25, 0.3) is 0 Å². The summed E-state index contributed by atoms with van der Waals surface area (Å²) in [6.45, 7) is 2.48. The summed E-state index contributed by atoms with van der Waals surface area (Å²) in [7, 11) is 0. The Morgan fingerprint density at radius 3 is 2.76 bits per heavy atom. The number of fused-ring (bicyclic) bond motifs is 1. The summed E-state index contributed by atoms with van der Waals surface area (Å²) in [5, 5.41) is 14.4. The zero-order valence-electron chi connectivity index (χ0n) is 14.3. The van der Waals surface area contributed by atoms with Crippen LogP contribution in [0.15, 0.2) is 42.5 Å². The zero-order chi connectivity index (χ0) is 17.8. The zero-order valence-corrected chi connectivity index (χ0v) is 14.3. The second-order valence-electron chi connectivity index (χ2n) is 6.64. The Labute approximate surface area is 147 Å². The molecule has 3 rings (SSSR count). The van der Waals surface area contributed by atoms with Crippen LogP contribution in [0, 0.1) is 5.92 Å². The average Bonchev–Trinajstić information content (AvgIpc) is 2.61. The van der Waals surface area contributed by atoms with Crippen LogP contribution in [-0.2, 0) is 20.7 Å². The van der Waals surface area contributed by atoms with Gasteiger partial charge in [0.05, 0.1) is 6.10 Å². The summed E-state index contributed by atoms with van der Waals surface area (Å²) in [5.41, 5.74) is 0.922. The second kappa shape index (κ2) is 7.66. The number of carbonyl (C=O) groups excluding carboxylic acids is 1. The molecular formula is C20H23NO4. The predicted molar refractivity (Wildman–Crippen MR) is 95.4 cm³/mol. The maximum atomic E-state index is 12.5. The molecule has 0 saturated carbocycles. The van der Waals surface area contributed by atoms with E-state index in [-0.39, 0.29) is 24.3 Å². The fourth-order valence-corrected chi connectivity index (χ4v) is 3.42. The minimum Gasteiger partial charge on any atom is -0.480 e. The van der Waals surface area contributed by atoms with Crippen LogP contribution in [0.2, 0.25) is 0 Å². The number of aliphatic carboxylic acids is 1. The SMILES string of the molecule is C[C@@H]1C[C@H](C(=O)N[C@@H](Cc2cccc3ccccc23)C(=O)O)CCO1. The first kappa shape index (κ1) is 17.4. The largest absolute Gasteiger partial charge is 0.480 e. The fourth-order valence-electron chi connectivity index (χ4n) is 3.42. The molecule has 1 aliphatic heterocycles. The molecule has 0 radical (unpaired) electrons. The van der Waals surface area contributed by atoms with Crippen molar-refractivity contribution in [3.8, 4) is 0 Å². The lowest BCUT2D eigenvalue weighted by Crippen LogP contribution is -2.46. The molecule has 1 heterocycles. The van der Waals surface area contributed by atoms with E-state index in [0.29, 0.717) is 19.4 Å². The van der Waals surface area contributed by atoms with Gasteiger partial charge >= 0.3 is 5.97 Å². The minimum atomic E-state index is -1.01. The molecule has 2 aromatic rings. The highest BCUT2D eigenvalue weighted by molar-refractivity contribution is 5.88. The maximum Gasteiger partial charge on any atom is 0.326 e. The summed E-state index contributed by atoms with van der Waals surface area (Å²) in [5.74, 6) is -1.39. The van der Waals surface area contributed by atoms with Crippen molar-refractivity contribution in [1.82, 2.24) is 5.32 Å². The number of benzene rings is 2. The lowest BCUT2D eigenvalue weighted by Gasteiger charge is -2.27. The summed E-state index contributed by atoms with van der Waals surface area (Å²) in [6.07, 6.45) is 1.57. The van der Waals surface area contributed by atoms with Gasteiger partial charge in [-0.25, -0.2) is 4.79 Å². The lowest BCUT2D eigenvalue weighted by molar-refractivity contribution is -0.143. The van der Waals surface area contributed by atoms with Crippen molar-refractivity contribution in [2.45, 2.75) is 38.3 Å². The molecule has 0 spiro atoms. The highest BCUT2D eigenvalue weighted by atomic mass is 16.5. The number of rotatable bonds is 5. The fraction of sp³-hybridized carbons (Fsp3) is 0.400. The van der Waals surface area contributed by atoms with Crippen molar-refractivity contribution in [2.75, 3.05) is 6.61 Å². The van der Waals surface area contributed by atoms with Crippen LogP contribution in [0.3, 0.4) is 0 Å². The number of hydrogen-bond acceptors (Lipinski definition) is 3. The number of carboxylic acid groups (broad SMARTS) is 1. The molecule has 2 N–H and O–H groups in total. The van der Waals surface area contributed by atoms with Crippen LogP contribution in [-0.4, -0.2) is 35.7 Å². The lowest BCUT2D eigenvalue weighted by atomic mass is 9.94. The van der Waals surface area contributed by atoms with Gasteiger partial charge in [-0.3, -0.25) is 4.79 Å². The molecule has 3 atom stereocenters. The third-order valence-corrected chi connectivity index (χ3v) is 4.77. The highest BCUT2D eigenvalue weighted by Crippen LogP contribution is 2.22. The van der Waals surface area contributed by atoms with Crippen LogP contribution in [0.4, 0.5) is 0 Å². The maximum absolute atomic E-state index is 12.5. The van der Waals surface area contributed by atoms with Crippen LogP contribution >= 0.6 is 0 Å². The molecule has 1 aliphatic rings. The molecule has 0 aliphatic carbocycles. The van der Waals surface area contributed by atoms with E-state index in [1.165, 1.54) is 0 Å². The van der Waals surface area contributed by atoms with Crippen molar-refractivity contribution in [2.24, 2.45) is 5.92 Å². The van der Waals surface area contributed by atoms with Gasteiger partial charge in [0, 0.05) is 18.9 Å². The molecule has 132 valence electrons. The third-order valence-electron chi connectivity index (χ3n) is 4.77. The molecular weight excluding hydrogens is 318 g/mol. The van der Waals surface area contributed by atoms with Gasteiger partial charge in [-0.2, -0.15) is 0 Å². The summed E-state index contributed by atoms with van der Waals surface area (Å²) in [4.78, 5) is 24.2.